The van der Waals surface area contributed by atoms with E-state index in [0.717, 1.165) is 11.4 Å². The molecule has 0 aliphatic rings. The van der Waals surface area contributed by atoms with Crippen LogP contribution in [-0.2, 0) is 11.3 Å². The first-order valence-corrected chi connectivity index (χ1v) is 10.2. The SMILES string of the molecule is CCn1c(SCC(=O)N/N=C/c2cccc([N+](=O)[O-])c2)nnc1-c1ccc(C)cc1. The van der Waals surface area contributed by atoms with Gasteiger partial charge in [-0.1, -0.05) is 53.7 Å². The summed E-state index contributed by atoms with van der Waals surface area (Å²) in [6, 6.07) is 14.0. The first kappa shape index (κ1) is 21.2. The molecule has 0 spiro atoms. The van der Waals surface area contributed by atoms with E-state index in [0.29, 0.717) is 17.3 Å². The lowest BCUT2D eigenvalue weighted by atomic mass is 10.1. The van der Waals surface area contributed by atoms with Gasteiger partial charge in [-0.25, -0.2) is 5.43 Å². The smallest absolute Gasteiger partial charge is 0.270 e. The number of hydrogen-bond donors (Lipinski definition) is 1. The van der Waals surface area contributed by atoms with Crippen LogP contribution in [0.5, 0.6) is 0 Å². The van der Waals surface area contributed by atoms with Gasteiger partial charge in [0.1, 0.15) is 0 Å². The zero-order valence-electron chi connectivity index (χ0n) is 16.5. The minimum Gasteiger partial charge on any atom is -0.302 e. The molecule has 1 aromatic heterocycles. The van der Waals surface area contributed by atoms with Gasteiger partial charge in [0.2, 0.25) is 0 Å². The van der Waals surface area contributed by atoms with E-state index in [9.17, 15) is 14.9 Å². The normalized spacial score (nSPS) is 11.0. The molecule has 0 radical (unpaired) electrons. The number of thioether (sulfide) groups is 1. The summed E-state index contributed by atoms with van der Waals surface area (Å²) in [5.41, 5.74) is 5.03. The van der Waals surface area contributed by atoms with Crippen LogP contribution in [0.25, 0.3) is 11.4 Å². The summed E-state index contributed by atoms with van der Waals surface area (Å²) in [6.45, 7) is 4.69. The van der Waals surface area contributed by atoms with E-state index >= 15 is 0 Å². The Morgan fingerprint density at radius 3 is 2.73 bits per heavy atom. The summed E-state index contributed by atoms with van der Waals surface area (Å²) >= 11 is 1.27. The molecular formula is C20H20N6O3S. The van der Waals surface area contributed by atoms with E-state index in [2.05, 4.69) is 20.7 Å². The van der Waals surface area contributed by atoms with E-state index in [1.807, 2.05) is 42.7 Å². The minimum absolute atomic E-state index is 0.0379. The van der Waals surface area contributed by atoms with E-state index in [1.165, 1.54) is 35.7 Å². The number of nitro benzene ring substituents is 1. The number of aromatic nitrogens is 3. The van der Waals surface area contributed by atoms with Gasteiger partial charge in [-0.15, -0.1) is 10.2 Å². The third kappa shape index (κ3) is 5.29. The lowest BCUT2D eigenvalue weighted by Gasteiger charge is -2.07. The second-order valence-electron chi connectivity index (χ2n) is 6.35. The molecule has 2 aromatic carbocycles. The predicted molar refractivity (Wildman–Crippen MR) is 115 cm³/mol. The molecular weight excluding hydrogens is 404 g/mol. The lowest BCUT2D eigenvalue weighted by Crippen LogP contribution is -2.20. The zero-order valence-corrected chi connectivity index (χ0v) is 17.3. The summed E-state index contributed by atoms with van der Waals surface area (Å²) in [6.07, 6.45) is 1.36. The van der Waals surface area contributed by atoms with Crippen LogP contribution in [0, 0.1) is 17.0 Å². The Bertz CT molecular complexity index is 1080. The maximum Gasteiger partial charge on any atom is 0.270 e. The average Bonchev–Trinajstić information content (AvgIpc) is 3.16. The highest BCUT2D eigenvalue weighted by Gasteiger charge is 2.14. The van der Waals surface area contributed by atoms with E-state index in [-0.39, 0.29) is 17.3 Å². The number of carbonyl (C=O) groups excluding carboxylic acids is 1. The van der Waals surface area contributed by atoms with Crippen molar-refractivity contribution in [1.82, 2.24) is 20.2 Å². The summed E-state index contributed by atoms with van der Waals surface area (Å²) in [5.74, 6) is 0.548. The number of carbonyl (C=O) groups is 1. The van der Waals surface area contributed by atoms with Crippen molar-refractivity contribution in [3.63, 3.8) is 0 Å². The highest BCUT2D eigenvalue weighted by atomic mass is 32.2. The van der Waals surface area contributed by atoms with E-state index in [4.69, 9.17) is 0 Å². The fraction of sp³-hybridized carbons (Fsp3) is 0.200. The van der Waals surface area contributed by atoms with Crippen molar-refractivity contribution < 1.29 is 9.72 Å². The van der Waals surface area contributed by atoms with Crippen LogP contribution in [0.1, 0.15) is 18.1 Å². The van der Waals surface area contributed by atoms with Crippen molar-refractivity contribution in [3.8, 4) is 11.4 Å². The molecule has 3 aromatic rings. The lowest BCUT2D eigenvalue weighted by molar-refractivity contribution is -0.384. The largest absolute Gasteiger partial charge is 0.302 e. The number of nitro groups is 1. The molecule has 0 unspecified atom stereocenters. The highest BCUT2D eigenvalue weighted by Crippen LogP contribution is 2.24. The summed E-state index contributed by atoms with van der Waals surface area (Å²) in [5, 5.41) is 23.8. The molecule has 154 valence electrons. The molecule has 0 fully saturated rings. The van der Waals surface area contributed by atoms with Crippen LogP contribution in [0.3, 0.4) is 0 Å². The molecule has 0 bridgehead atoms. The second-order valence-corrected chi connectivity index (χ2v) is 7.29. The Morgan fingerprint density at radius 1 is 1.27 bits per heavy atom. The Morgan fingerprint density at radius 2 is 2.03 bits per heavy atom. The van der Waals surface area contributed by atoms with Crippen LogP contribution in [0.15, 0.2) is 58.8 Å². The van der Waals surface area contributed by atoms with Crippen molar-refractivity contribution in [2.24, 2.45) is 5.10 Å². The van der Waals surface area contributed by atoms with E-state index < -0.39 is 4.92 Å². The molecule has 30 heavy (non-hydrogen) atoms. The van der Waals surface area contributed by atoms with Gasteiger partial charge in [-0.05, 0) is 13.8 Å². The number of hydrogen-bond acceptors (Lipinski definition) is 7. The van der Waals surface area contributed by atoms with Gasteiger partial charge < -0.3 is 4.57 Å². The molecule has 0 saturated heterocycles. The molecule has 1 N–H and O–H groups in total. The Balaban J connectivity index is 1.59. The molecule has 1 heterocycles. The molecule has 3 rings (SSSR count). The summed E-state index contributed by atoms with van der Waals surface area (Å²) in [7, 11) is 0. The van der Waals surface area contributed by atoms with Gasteiger partial charge in [0.25, 0.3) is 11.6 Å². The Labute approximate surface area is 177 Å². The van der Waals surface area contributed by atoms with Gasteiger partial charge in [0, 0.05) is 29.8 Å². The van der Waals surface area contributed by atoms with Gasteiger partial charge in [0.15, 0.2) is 11.0 Å². The predicted octanol–water partition coefficient (Wildman–Crippen LogP) is 3.42. The molecule has 0 atom stereocenters. The quantitative estimate of drug-likeness (QED) is 0.256. The Kier molecular flexibility index (Phi) is 6.91. The minimum atomic E-state index is -0.485. The second kappa shape index (κ2) is 9.79. The van der Waals surface area contributed by atoms with Gasteiger partial charge >= 0.3 is 0 Å². The molecule has 0 aliphatic carbocycles. The van der Waals surface area contributed by atoms with Crippen LogP contribution in [0.4, 0.5) is 5.69 Å². The number of aryl methyl sites for hydroxylation is 1. The topological polar surface area (TPSA) is 115 Å². The molecule has 1 amide bonds. The molecule has 0 saturated carbocycles. The van der Waals surface area contributed by atoms with Gasteiger partial charge in [-0.2, -0.15) is 5.10 Å². The summed E-state index contributed by atoms with van der Waals surface area (Å²) in [4.78, 5) is 22.4. The number of rotatable bonds is 8. The average molecular weight is 424 g/mol. The number of nitrogens with zero attached hydrogens (tertiary/aromatic N) is 5. The molecule has 0 aliphatic heterocycles. The number of nitrogens with one attached hydrogen (secondary N) is 1. The zero-order chi connectivity index (χ0) is 21.5. The van der Waals surface area contributed by atoms with Crippen LogP contribution >= 0.6 is 11.8 Å². The monoisotopic (exact) mass is 424 g/mol. The standard InChI is InChI=1S/C20H20N6O3S/c1-3-25-19(16-9-7-14(2)8-10-16)23-24-20(25)30-13-18(27)22-21-12-15-5-4-6-17(11-15)26(28)29/h4-12H,3,13H2,1-2H3,(H,22,27)/b21-12+. The van der Waals surface area contributed by atoms with Crippen LogP contribution < -0.4 is 5.43 Å². The Hall–Kier alpha value is -3.53. The van der Waals surface area contributed by atoms with Crippen LogP contribution in [0.2, 0.25) is 0 Å². The first-order chi connectivity index (χ1) is 14.5. The van der Waals surface area contributed by atoms with Crippen molar-refractivity contribution in [2.75, 3.05) is 5.75 Å². The molecule has 10 heteroatoms. The van der Waals surface area contributed by atoms with Crippen molar-refractivity contribution >= 4 is 29.6 Å². The number of non-ortho nitro benzene ring substituents is 1. The third-order valence-electron chi connectivity index (χ3n) is 4.16. The third-order valence-corrected chi connectivity index (χ3v) is 5.13. The van der Waals surface area contributed by atoms with Crippen LogP contribution in [-0.4, -0.2) is 37.6 Å². The summed E-state index contributed by atoms with van der Waals surface area (Å²) < 4.78 is 1.95. The number of hydrazone groups is 1. The fourth-order valence-corrected chi connectivity index (χ4v) is 3.45. The maximum absolute atomic E-state index is 12.1. The van der Waals surface area contributed by atoms with Gasteiger partial charge in [-0.3, -0.25) is 14.9 Å². The number of benzene rings is 2. The van der Waals surface area contributed by atoms with Crippen molar-refractivity contribution in [1.29, 1.82) is 0 Å². The molecule has 9 nitrogen and oxygen atoms in total. The first-order valence-electron chi connectivity index (χ1n) is 9.17. The number of amides is 1. The maximum atomic E-state index is 12.1. The van der Waals surface area contributed by atoms with Crippen molar-refractivity contribution in [2.45, 2.75) is 25.5 Å². The van der Waals surface area contributed by atoms with Gasteiger partial charge in [0.05, 0.1) is 16.9 Å². The highest BCUT2D eigenvalue weighted by molar-refractivity contribution is 7.99. The van der Waals surface area contributed by atoms with E-state index in [1.54, 1.807) is 12.1 Å². The van der Waals surface area contributed by atoms with Crippen molar-refractivity contribution in [3.05, 3.63) is 69.8 Å². The fourth-order valence-electron chi connectivity index (χ4n) is 2.66.